The van der Waals surface area contributed by atoms with Gasteiger partial charge in [0.05, 0.1) is 0 Å². The lowest BCUT2D eigenvalue weighted by atomic mass is 9.97. The van der Waals surface area contributed by atoms with Crippen molar-refractivity contribution >= 4 is 43.5 Å². The summed E-state index contributed by atoms with van der Waals surface area (Å²) in [6.07, 6.45) is 0. The molecule has 4 nitrogen and oxygen atoms in total. The summed E-state index contributed by atoms with van der Waals surface area (Å²) in [4.78, 5) is 15.5. The molecule has 0 fully saturated rings. The van der Waals surface area contributed by atoms with Crippen LogP contribution in [0.15, 0.2) is 205 Å². The fraction of sp³-hybridized carbons (Fsp3) is 0. The lowest BCUT2D eigenvalue weighted by Gasteiger charge is -2.11. The summed E-state index contributed by atoms with van der Waals surface area (Å²) in [5.74, 6) is 1.81. The van der Waals surface area contributed by atoms with Crippen LogP contribution < -0.4 is 0 Å². The van der Waals surface area contributed by atoms with Crippen molar-refractivity contribution in [2.45, 2.75) is 0 Å². The maximum Gasteiger partial charge on any atom is 0.164 e. The Morgan fingerprint density at radius 3 is 1.49 bits per heavy atom. The third-order valence-electron chi connectivity index (χ3n) is 10.9. The Balaban J connectivity index is 1.02. The molecule has 0 amide bonds. The predicted octanol–water partition coefficient (Wildman–Crippen LogP) is 14.1. The normalized spacial score (nSPS) is 11.5. The molecule has 9 aromatic carbocycles. The zero-order chi connectivity index (χ0) is 37.7. The zero-order valence-electron chi connectivity index (χ0n) is 30.8. The van der Waals surface area contributed by atoms with Crippen LogP contribution in [0.25, 0.3) is 111 Å². The number of fused-ring (bicyclic) bond motifs is 5. The molecule has 57 heavy (non-hydrogen) atoms. The Hall–Kier alpha value is -7.69. The SMILES string of the molecule is c1ccc(-c2ccc3cc(-c4nc(-c5cccc(-c6ccc(-c7ccc8ccccc8c7)cc6)c5)nc(-c5cccc6oc7ccccc7c56)n4)ccc3c2)cc1. The van der Waals surface area contributed by atoms with Gasteiger partial charge in [-0.05, 0) is 91.3 Å². The molecular weight excluding hydrogens is 695 g/mol. The molecule has 0 aliphatic rings. The van der Waals surface area contributed by atoms with Crippen LogP contribution in [0.4, 0.5) is 0 Å². The summed E-state index contributed by atoms with van der Waals surface area (Å²) in [6, 6.07) is 70.1. The van der Waals surface area contributed by atoms with Crippen LogP contribution in [0.3, 0.4) is 0 Å². The largest absolute Gasteiger partial charge is 0.456 e. The Morgan fingerprint density at radius 2 is 0.737 bits per heavy atom. The van der Waals surface area contributed by atoms with E-state index in [4.69, 9.17) is 19.4 Å². The fourth-order valence-corrected chi connectivity index (χ4v) is 7.97. The van der Waals surface area contributed by atoms with Crippen LogP contribution >= 0.6 is 0 Å². The van der Waals surface area contributed by atoms with E-state index in [1.807, 2.05) is 36.4 Å². The average Bonchev–Trinajstić information content (AvgIpc) is 3.68. The van der Waals surface area contributed by atoms with Crippen molar-refractivity contribution in [1.29, 1.82) is 0 Å². The quantitative estimate of drug-likeness (QED) is 0.171. The van der Waals surface area contributed by atoms with Gasteiger partial charge in [0.2, 0.25) is 0 Å². The molecule has 0 saturated carbocycles. The third kappa shape index (κ3) is 6.01. The molecule has 0 unspecified atom stereocenters. The maximum absolute atomic E-state index is 6.28. The number of rotatable bonds is 6. The van der Waals surface area contributed by atoms with Gasteiger partial charge in [0.25, 0.3) is 0 Å². The van der Waals surface area contributed by atoms with E-state index in [0.29, 0.717) is 17.5 Å². The highest BCUT2D eigenvalue weighted by Crippen LogP contribution is 2.37. The van der Waals surface area contributed by atoms with E-state index in [2.05, 4.69) is 164 Å². The number of nitrogens with zero attached hydrogens (tertiary/aromatic N) is 3. The van der Waals surface area contributed by atoms with Crippen LogP contribution in [0.1, 0.15) is 0 Å². The second-order valence-electron chi connectivity index (χ2n) is 14.4. The first kappa shape index (κ1) is 32.7. The van der Waals surface area contributed by atoms with Gasteiger partial charge >= 0.3 is 0 Å². The highest BCUT2D eigenvalue weighted by atomic mass is 16.3. The standard InChI is InChI=1S/C53H33N3O/c1-2-10-34(11-3-1)40-26-27-43-33-45(29-28-42(43)31-40)52-54-51(55-53(56-52)47-17-9-19-49-50(47)46-16-6-7-18-48(46)57-49)44-15-8-14-39(32-44)36-20-22-37(23-21-36)41-25-24-35-12-4-5-13-38(35)30-41/h1-33H. The Bertz CT molecular complexity index is 3290. The molecule has 11 rings (SSSR count). The van der Waals surface area contributed by atoms with Crippen molar-refractivity contribution in [3.05, 3.63) is 200 Å². The molecule has 266 valence electrons. The van der Waals surface area contributed by atoms with Gasteiger partial charge in [0.15, 0.2) is 17.5 Å². The summed E-state index contributed by atoms with van der Waals surface area (Å²) < 4.78 is 6.28. The van der Waals surface area contributed by atoms with Gasteiger partial charge in [-0.2, -0.15) is 0 Å². The van der Waals surface area contributed by atoms with E-state index in [0.717, 1.165) is 60.5 Å². The molecule has 0 aliphatic carbocycles. The average molecular weight is 728 g/mol. The number of hydrogen-bond donors (Lipinski definition) is 0. The van der Waals surface area contributed by atoms with Gasteiger partial charge in [-0.3, -0.25) is 0 Å². The van der Waals surface area contributed by atoms with Crippen LogP contribution in [-0.2, 0) is 0 Å². The summed E-state index contributed by atoms with van der Waals surface area (Å²) >= 11 is 0. The summed E-state index contributed by atoms with van der Waals surface area (Å²) in [7, 11) is 0. The summed E-state index contributed by atoms with van der Waals surface area (Å²) in [6.45, 7) is 0. The molecule has 11 aromatic rings. The molecule has 0 radical (unpaired) electrons. The van der Waals surface area contributed by atoms with Crippen molar-refractivity contribution < 1.29 is 4.42 Å². The van der Waals surface area contributed by atoms with E-state index >= 15 is 0 Å². The Labute approximate surface area is 329 Å². The highest BCUT2D eigenvalue weighted by Gasteiger charge is 2.18. The topological polar surface area (TPSA) is 51.8 Å². The second kappa shape index (κ2) is 13.6. The molecule has 0 saturated heterocycles. The molecule has 0 spiro atoms. The van der Waals surface area contributed by atoms with Crippen molar-refractivity contribution in [3.8, 4) is 67.5 Å². The number of benzene rings is 9. The van der Waals surface area contributed by atoms with Crippen LogP contribution in [-0.4, -0.2) is 15.0 Å². The maximum atomic E-state index is 6.28. The van der Waals surface area contributed by atoms with Crippen molar-refractivity contribution in [3.63, 3.8) is 0 Å². The molecule has 0 N–H and O–H groups in total. The van der Waals surface area contributed by atoms with E-state index < -0.39 is 0 Å². The van der Waals surface area contributed by atoms with Gasteiger partial charge in [-0.25, -0.2) is 15.0 Å². The van der Waals surface area contributed by atoms with Crippen LogP contribution in [0.5, 0.6) is 0 Å². The first-order valence-corrected chi connectivity index (χ1v) is 19.2. The molecule has 0 bridgehead atoms. The van der Waals surface area contributed by atoms with Gasteiger partial charge in [0, 0.05) is 27.5 Å². The van der Waals surface area contributed by atoms with E-state index in [-0.39, 0.29) is 0 Å². The molecule has 0 aliphatic heterocycles. The van der Waals surface area contributed by atoms with Crippen LogP contribution in [0, 0.1) is 0 Å². The van der Waals surface area contributed by atoms with E-state index in [9.17, 15) is 0 Å². The van der Waals surface area contributed by atoms with Crippen molar-refractivity contribution in [2.75, 3.05) is 0 Å². The summed E-state index contributed by atoms with van der Waals surface area (Å²) in [5.41, 5.74) is 11.3. The summed E-state index contributed by atoms with van der Waals surface area (Å²) in [5, 5.41) is 6.77. The Kier molecular flexibility index (Phi) is 7.78. The van der Waals surface area contributed by atoms with Crippen molar-refractivity contribution in [1.82, 2.24) is 15.0 Å². The Morgan fingerprint density at radius 1 is 0.281 bits per heavy atom. The number of hydrogen-bond acceptors (Lipinski definition) is 4. The van der Waals surface area contributed by atoms with Gasteiger partial charge in [0.1, 0.15) is 11.2 Å². The number of aromatic nitrogens is 3. The van der Waals surface area contributed by atoms with Gasteiger partial charge < -0.3 is 4.42 Å². The number of para-hydroxylation sites is 1. The highest BCUT2D eigenvalue weighted by molar-refractivity contribution is 6.11. The second-order valence-corrected chi connectivity index (χ2v) is 14.4. The predicted molar refractivity (Wildman–Crippen MR) is 235 cm³/mol. The third-order valence-corrected chi connectivity index (χ3v) is 10.9. The smallest absolute Gasteiger partial charge is 0.164 e. The molecular formula is C53H33N3O. The number of furan rings is 1. The fourth-order valence-electron chi connectivity index (χ4n) is 7.97. The first-order valence-electron chi connectivity index (χ1n) is 19.2. The first-order chi connectivity index (χ1) is 28.2. The lowest BCUT2D eigenvalue weighted by molar-refractivity contribution is 0.669. The molecule has 0 atom stereocenters. The monoisotopic (exact) mass is 727 g/mol. The zero-order valence-corrected chi connectivity index (χ0v) is 30.8. The van der Waals surface area contributed by atoms with Crippen molar-refractivity contribution in [2.24, 2.45) is 0 Å². The lowest BCUT2D eigenvalue weighted by Crippen LogP contribution is -2.00. The minimum absolute atomic E-state index is 0.594. The minimum Gasteiger partial charge on any atom is -0.456 e. The molecule has 2 heterocycles. The van der Waals surface area contributed by atoms with Gasteiger partial charge in [-0.1, -0.05) is 164 Å². The van der Waals surface area contributed by atoms with Gasteiger partial charge in [-0.15, -0.1) is 0 Å². The minimum atomic E-state index is 0.594. The van der Waals surface area contributed by atoms with Crippen LogP contribution in [0.2, 0.25) is 0 Å². The molecule has 2 aromatic heterocycles. The van der Waals surface area contributed by atoms with E-state index in [1.54, 1.807) is 0 Å². The van der Waals surface area contributed by atoms with E-state index in [1.165, 1.54) is 33.0 Å². The molecule has 4 heteroatoms.